The third-order valence-corrected chi connectivity index (χ3v) is 5.72. The minimum atomic E-state index is -2.07. The second-order valence-electron chi connectivity index (χ2n) is 8.34. The van der Waals surface area contributed by atoms with Crippen LogP contribution in [0.5, 0.6) is 0 Å². The number of alkyl carbamates (subject to hydrolysis) is 1. The van der Waals surface area contributed by atoms with Gasteiger partial charge >= 0.3 is 12.1 Å². The molecule has 34 heavy (non-hydrogen) atoms. The number of hydrogen-bond acceptors (Lipinski definition) is 6. The molecule has 0 saturated heterocycles. The molecule has 9 heteroatoms. The summed E-state index contributed by atoms with van der Waals surface area (Å²) >= 11 is 0. The smallest absolute Gasteiger partial charge is 0.407 e. The SMILES string of the molecule is CCOC(CNC(=O)OCC1c2ccccc2-c2ccccc21)CC(=O)NCC(C)(O)C(=O)O. The Morgan fingerprint density at radius 1 is 1.03 bits per heavy atom. The van der Waals surface area contributed by atoms with E-state index in [1.807, 2.05) is 36.4 Å². The number of nitrogens with one attached hydrogen (secondary N) is 2. The zero-order chi connectivity index (χ0) is 24.7. The fourth-order valence-electron chi connectivity index (χ4n) is 3.90. The lowest BCUT2D eigenvalue weighted by Gasteiger charge is -2.21. The fourth-order valence-corrected chi connectivity index (χ4v) is 3.90. The van der Waals surface area contributed by atoms with Crippen molar-refractivity contribution in [3.05, 3.63) is 59.7 Å². The highest BCUT2D eigenvalue weighted by Gasteiger charge is 2.31. The highest BCUT2D eigenvalue weighted by atomic mass is 16.5. The van der Waals surface area contributed by atoms with Gasteiger partial charge in [-0.15, -0.1) is 0 Å². The molecule has 2 unspecified atom stereocenters. The normalized spacial score (nSPS) is 14.9. The lowest BCUT2D eigenvalue weighted by molar-refractivity contribution is -0.156. The van der Waals surface area contributed by atoms with Gasteiger partial charge in [-0.05, 0) is 36.1 Å². The summed E-state index contributed by atoms with van der Waals surface area (Å²) in [6.45, 7) is 2.93. The molecule has 0 fully saturated rings. The summed E-state index contributed by atoms with van der Waals surface area (Å²) in [5, 5.41) is 23.6. The summed E-state index contributed by atoms with van der Waals surface area (Å²) in [5.41, 5.74) is 2.42. The van der Waals surface area contributed by atoms with Crippen LogP contribution >= 0.6 is 0 Å². The van der Waals surface area contributed by atoms with Gasteiger partial charge in [0, 0.05) is 19.1 Å². The molecule has 1 aliphatic rings. The molecule has 0 aromatic heterocycles. The largest absolute Gasteiger partial charge is 0.479 e. The standard InChI is InChI=1S/C25H30N2O7/c1-3-33-16(12-22(28)27-15-25(2,32)23(29)30)13-26-24(31)34-14-21-19-10-6-4-8-17(19)18-9-5-7-11-20(18)21/h4-11,16,21,32H,3,12-15H2,1-2H3,(H,26,31)(H,27,28)(H,29,30). The minimum Gasteiger partial charge on any atom is -0.479 e. The van der Waals surface area contributed by atoms with Gasteiger partial charge in [-0.3, -0.25) is 4.79 Å². The third-order valence-electron chi connectivity index (χ3n) is 5.72. The molecular formula is C25H30N2O7. The number of carboxylic acid groups (broad SMARTS) is 1. The number of hydrogen-bond donors (Lipinski definition) is 4. The van der Waals surface area contributed by atoms with Crippen LogP contribution in [0.3, 0.4) is 0 Å². The van der Waals surface area contributed by atoms with Gasteiger partial charge in [-0.2, -0.15) is 0 Å². The molecule has 0 aliphatic heterocycles. The van der Waals surface area contributed by atoms with Gasteiger partial charge in [0.2, 0.25) is 5.91 Å². The zero-order valence-corrected chi connectivity index (χ0v) is 19.2. The molecule has 2 amide bonds. The van der Waals surface area contributed by atoms with E-state index in [-0.39, 0.29) is 25.5 Å². The van der Waals surface area contributed by atoms with Gasteiger partial charge in [-0.25, -0.2) is 9.59 Å². The van der Waals surface area contributed by atoms with Crippen molar-refractivity contribution in [2.24, 2.45) is 0 Å². The molecule has 2 aromatic carbocycles. The van der Waals surface area contributed by atoms with E-state index >= 15 is 0 Å². The Kier molecular flexibility index (Phi) is 8.25. The zero-order valence-electron chi connectivity index (χ0n) is 19.2. The Bertz CT molecular complexity index is 992. The van der Waals surface area contributed by atoms with Crippen LogP contribution in [0.2, 0.25) is 0 Å². The number of aliphatic hydroxyl groups is 1. The minimum absolute atomic E-state index is 0.0350. The monoisotopic (exact) mass is 470 g/mol. The summed E-state index contributed by atoms with van der Waals surface area (Å²) in [4.78, 5) is 35.4. The number of carboxylic acids is 1. The molecular weight excluding hydrogens is 440 g/mol. The molecule has 4 N–H and O–H groups in total. The van der Waals surface area contributed by atoms with Crippen molar-refractivity contribution in [2.75, 3.05) is 26.3 Å². The first kappa shape index (κ1) is 25.2. The topological polar surface area (TPSA) is 134 Å². The average molecular weight is 471 g/mol. The van der Waals surface area contributed by atoms with Crippen molar-refractivity contribution in [1.29, 1.82) is 0 Å². The van der Waals surface area contributed by atoms with Crippen LogP contribution in [0, 0.1) is 0 Å². The lowest BCUT2D eigenvalue weighted by atomic mass is 9.98. The number of carbonyl (C=O) groups excluding carboxylic acids is 2. The number of benzene rings is 2. The molecule has 1 aliphatic carbocycles. The third kappa shape index (κ3) is 6.12. The quantitative estimate of drug-likeness (QED) is 0.396. The van der Waals surface area contributed by atoms with Gasteiger partial charge < -0.3 is 30.3 Å². The highest BCUT2D eigenvalue weighted by Crippen LogP contribution is 2.44. The molecule has 9 nitrogen and oxygen atoms in total. The predicted octanol–water partition coefficient (Wildman–Crippen LogP) is 2.27. The maximum atomic E-state index is 12.4. The van der Waals surface area contributed by atoms with Crippen LogP contribution in [0.4, 0.5) is 4.79 Å². The van der Waals surface area contributed by atoms with E-state index in [1.54, 1.807) is 6.92 Å². The van der Waals surface area contributed by atoms with E-state index in [0.717, 1.165) is 29.2 Å². The summed E-state index contributed by atoms with van der Waals surface area (Å²) < 4.78 is 11.0. The fraction of sp³-hybridized carbons (Fsp3) is 0.400. The highest BCUT2D eigenvalue weighted by molar-refractivity contribution is 5.81. The van der Waals surface area contributed by atoms with Crippen molar-refractivity contribution in [3.8, 4) is 11.1 Å². The van der Waals surface area contributed by atoms with Crippen LogP contribution in [-0.2, 0) is 19.1 Å². The van der Waals surface area contributed by atoms with E-state index < -0.39 is 36.2 Å². The van der Waals surface area contributed by atoms with Crippen LogP contribution in [0.1, 0.15) is 37.3 Å². The summed E-state index contributed by atoms with van der Waals surface area (Å²) in [5.74, 6) is -2.01. The van der Waals surface area contributed by atoms with E-state index in [4.69, 9.17) is 14.6 Å². The molecule has 2 aromatic rings. The molecule has 2 atom stereocenters. The first-order valence-electron chi connectivity index (χ1n) is 11.2. The van der Waals surface area contributed by atoms with Crippen molar-refractivity contribution < 1.29 is 34.1 Å². The maximum absolute atomic E-state index is 12.4. The van der Waals surface area contributed by atoms with Crippen LogP contribution < -0.4 is 10.6 Å². The Hall–Kier alpha value is -3.43. The second kappa shape index (κ2) is 11.1. The Balaban J connectivity index is 1.50. The molecule has 0 radical (unpaired) electrons. The maximum Gasteiger partial charge on any atom is 0.407 e. The van der Waals surface area contributed by atoms with Gasteiger partial charge in [0.15, 0.2) is 5.60 Å². The molecule has 3 rings (SSSR count). The molecule has 182 valence electrons. The molecule has 0 heterocycles. The van der Waals surface area contributed by atoms with Gasteiger partial charge in [0.1, 0.15) is 6.61 Å². The molecule has 0 spiro atoms. The number of fused-ring (bicyclic) bond motifs is 3. The van der Waals surface area contributed by atoms with Gasteiger partial charge in [0.05, 0.1) is 19.1 Å². The lowest BCUT2D eigenvalue weighted by Crippen LogP contribution is -2.47. The first-order valence-corrected chi connectivity index (χ1v) is 11.2. The molecule has 0 saturated carbocycles. The summed E-state index contributed by atoms with van der Waals surface area (Å²) in [6.07, 6.45) is -1.38. The van der Waals surface area contributed by atoms with Crippen LogP contribution in [-0.4, -0.2) is 66.2 Å². The Morgan fingerprint density at radius 3 is 2.18 bits per heavy atom. The van der Waals surface area contributed by atoms with Crippen molar-refractivity contribution in [3.63, 3.8) is 0 Å². The van der Waals surface area contributed by atoms with E-state index in [9.17, 15) is 19.5 Å². The van der Waals surface area contributed by atoms with Crippen LogP contribution in [0.15, 0.2) is 48.5 Å². The second-order valence-corrected chi connectivity index (χ2v) is 8.34. The number of amides is 2. The van der Waals surface area contributed by atoms with Crippen molar-refractivity contribution >= 4 is 18.0 Å². The number of ether oxygens (including phenoxy) is 2. The van der Waals surface area contributed by atoms with Crippen molar-refractivity contribution in [1.82, 2.24) is 10.6 Å². The predicted molar refractivity (Wildman–Crippen MR) is 124 cm³/mol. The van der Waals surface area contributed by atoms with E-state index in [2.05, 4.69) is 22.8 Å². The summed E-state index contributed by atoms with van der Waals surface area (Å²) in [7, 11) is 0. The number of rotatable bonds is 11. The average Bonchev–Trinajstić information content (AvgIpc) is 3.14. The van der Waals surface area contributed by atoms with Gasteiger partial charge in [-0.1, -0.05) is 48.5 Å². The Labute approximate surface area is 198 Å². The Morgan fingerprint density at radius 2 is 1.62 bits per heavy atom. The van der Waals surface area contributed by atoms with Crippen LogP contribution in [0.25, 0.3) is 11.1 Å². The van der Waals surface area contributed by atoms with E-state index in [0.29, 0.717) is 6.61 Å². The molecule has 0 bridgehead atoms. The number of carbonyl (C=O) groups is 3. The van der Waals surface area contributed by atoms with Gasteiger partial charge in [0.25, 0.3) is 0 Å². The summed E-state index contributed by atoms with van der Waals surface area (Å²) in [6, 6.07) is 16.1. The van der Waals surface area contributed by atoms with Crippen molar-refractivity contribution in [2.45, 2.75) is 37.9 Å². The van der Waals surface area contributed by atoms with E-state index in [1.165, 1.54) is 0 Å². The first-order chi connectivity index (χ1) is 16.2. The number of aliphatic carboxylic acids is 1.